The number of ketones is 3. The van der Waals surface area contributed by atoms with E-state index in [0.717, 1.165) is 5.56 Å². The summed E-state index contributed by atoms with van der Waals surface area (Å²) in [6, 6.07) is 6.88. The Hall–Kier alpha value is -2.75. The fraction of sp³-hybridized carbons (Fsp3) is 0.423. The molecule has 0 saturated heterocycles. The molecule has 1 unspecified atom stereocenters. The van der Waals surface area contributed by atoms with Crippen LogP contribution in [0.3, 0.4) is 0 Å². The summed E-state index contributed by atoms with van der Waals surface area (Å²) in [6.07, 6.45) is 0. The molecular weight excluding hydrogens is 376 g/mol. The maximum Gasteiger partial charge on any atom is 0.230 e. The zero-order chi connectivity index (χ0) is 22.8. The van der Waals surface area contributed by atoms with Gasteiger partial charge in [0.15, 0.2) is 5.78 Å². The van der Waals surface area contributed by atoms with Crippen molar-refractivity contribution in [3.63, 3.8) is 0 Å². The maximum atomic E-state index is 13.4. The standard InChI is InChI=1S/C26H30O4/c1-13-9-10-16-19(14(13)2)23(29)24(30)20(21(16)27)15-11-17(25(3,4)5)22(28)18(12-15)26(6,7)8/h9-12,20,28H,1-8H3. The Morgan fingerprint density at radius 3 is 1.77 bits per heavy atom. The number of hydrogen-bond donors (Lipinski definition) is 1. The average molecular weight is 407 g/mol. The van der Waals surface area contributed by atoms with Gasteiger partial charge in [0, 0.05) is 11.1 Å². The van der Waals surface area contributed by atoms with Crippen molar-refractivity contribution in [2.75, 3.05) is 0 Å². The van der Waals surface area contributed by atoms with Gasteiger partial charge in [0.05, 0.1) is 0 Å². The Labute approximate surface area is 178 Å². The van der Waals surface area contributed by atoms with Crippen molar-refractivity contribution < 1.29 is 19.5 Å². The second-order valence-electron chi connectivity index (χ2n) is 10.4. The number of benzene rings is 2. The zero-order valence-corrected chi connectivity index (χ0v) is 19.1. The van der Waals surface area contributed by atoms with Crippen molar-refractivity contribution in [1.82, 2.24) is 0 Å². The van der Waals surface area contributed by atoms with E-state index in [1.54, 1.807) is 25.1 Å². The molecule has 0 aliphatic heterocycles. The van der Waals surface area contributed by atoms with Gasteiger partial charge in [0.2, 0.25) is 11.6 Å². The molecule has 4 heteroatoms. The molecule has 2 aromatic rings. The number of aryl methyl sites for hydroxylation is 1. The summed E-state index contributed by atoms with van der Waals surface area (Å²) in [5.41, 5.74) is 3.04. The van der Waals surface area contributed by atoms with Gasteiger partial charge in [-0.2, -0.15) is 0 Å². The topological polar surface area (TPSA) is 71.4 Å². The molecule has 1 aliphatic carbocycles. The number of aromatic hydroxyl groups is 1. The van der Waals surface area contributed by atoms with Crippen LogP contribution in [0.1, 0.15) is 96.0 Å². The number of carbonyl (C=O) groups is 3. The Balaban J connectivity index is 2.30. The minimum absolute atomic E-state index is 0.174. The third kappa shape index (κ3) is 3.38. The second-order valence-corrected chi connectivity index (χ2v) is 10.4. The van der Waals surface area contributed by atoms with Gasteiger partial charge in [0.1, 0.15) is 11.7 Å². The van der Waals surface area contributed by atoms with E-state index >= 15 is 0 Å². The van der Waals surface area contributed by atoms with Crippen molar-refractivity contribution in [2.24, 2.45) is 0 Å². The third-order valence-corrected chi connectivity index (χ3v) is 6.06. The van der Waals surface area contributed by atoms with E-state index in [-0.39, 0.29) is 17.1 Å². The molecule has 0 aromatic heterocycles. The highest BCUT2D eigenvalue weighted by atomic mass is 16.3. The Morgan fingerprint density at radius 2 is 1.30 bits per heavy atom. The lowest BCUT2D eigenvalue weighted by Gasteiger charge is -2.30. The molecule has 158 valence electrons. The monoisotopic (exact) mass is 406 g/mol. The maximum absolute atomic E-state index is 13.4. The number of phenols is 1. The first kappa shape index (κ1) is 21.9. The SMILES string of the molecule is Cc1ccc2c(c1C)C(=O)C(=O)C(c1cc(C(C)(C)C)c(O)c(C(C)(C)C)c1)C2=O. The van der Waals surface area contributed by atoms with E-state index in [1.165, 1.54) is 0 Å². The normalized spacial score (nSPS) is 17.3. The molecule has 0 fully saturated rings. The van der Waals surface area contributed by atoms with Gasteiger partial charge in [-0.15, -0.1) is 0 Å². The number of rotatable bonds is 1. The molecule has 2 aromatic carbocycles. The number of Topliss-reactive ketones (excluding diaryl/α,β-unsaturated/α-hetero) is 3. The van der Waals surface area contributed by atoms with Crippen LogP contribution in [0, 0.1) is 13.8 Å². The lowest BCUT2D eigenvalue weighted by molar-refractivity contribution is -0.115. The van der Waals surface area contributed by atoms with E-state index in [2.05, 4.69) is 0 Å². The quantitative estimate of drug-likeness (QED) is 0.513. The first-order valence-corrected chi connectivity index (χ1v) is 10.3. The van der Waals surface area contributed by atoms with Crippen LogP contribution in [0.4, 0.5) is 0 Å². The van der Waals surface area contributed by atoms with Gasteiger partial charge in [-0.3, -0.25) is 14.4 Å². The highest BCUT2D eigenvalue weighted by Gasteiger charge is 2.43. The van der Waals surface area contributed by atoms with Crippen LogP contribution in [0.2, 0.25) is 0 Å². The van der Waals surface area contributed by atoms with Crippen molar-refractivity contribution in [1.29, 1.82) is 0 Å². The molecular formula is C26H30O4. The van der Waals surface area contributed by atoms with Gasteiger partial charge in [-0.1, -0.05) is 65.8 Å². The highest BCUT2D eigenvalue weighted by molar-refractivity contribution is 6.53. The Kier molecular flexibility index (Phi) is 5.05. The van der Waals surface area contributed by atoms with E-state index in [0.29, 0.717) is 27.8 Å². The summed E-state index contributed by atoms with van der Waals surface area (Å²) in [5, 5.41) is 11.0. The molecule has 1 atom stereocenters. The fourth-order valence-electron chi connectivity index (χ4n) is 4.11. The summed E-state index contributed by atoms with van der Waals surface area (Å²) in [5.74, 6) is -2.68. The molecule has 0 radical (unpaired) electrons. The predicted molar refractivity (Wildman–Crippen MR) is 118 cm³/mol. The fourth-order valence-corrected chi connectivity index (χ4v) is 4.11. The largest absolute Gasteiger partial charge is 0.507 e. The summed E-state index contributed by atoms with van der Waals surface area (Å²) in [7, 11) is 0. The van der Waals surface area contributed by atoms with Gasteiger partial charge < -0.3 is 5.11 Å². The van der Waals surface area contributed by atoms with Crippen molar-refractivity contribution in [3.05, 3.63) is 63.2 Å². The van der Waals surface area contributed by atoms with Crippen LogP contribution >= 0.6 is 0 Å². The lowest BCUT2D eigenvalue weighted by atomic mass is 9.72. The number of fused-ring (bicyclic) bond motifs is 1. The van der Waals surface area contributed by atoms with Gasteiger partial charge in [0.25, 0.3) is 0 Å². The van der Waals surface area contributed by atoms with Crippen LogP contribution in [0.15, 0.2) is 24.3 Å². The number of carbonyl (C=O) groups excluding carboxylic acids is 3. The second kappa shape index (κ2) is 6.90. The van der Waals surface area contributed by atoms with E-state index < -0.39 is 28.3 Å². The molecule has 0 spiro atoms. The summed E-state index contributed by atoms with van der Waals surface area (Å²) in [6.45, 7) is 15.4. The van der Waals surface area contributed by atoms with Crippen LogP contribution in [0.5, 0.6) is 5.75 Å². The summed E-state index contributed by atoms with van der Waals surface area (Å²) >= 11 is 0. The third-order valence-electron chi connectivity index (χ3n) is 6.06. The van der Waals surface area contributed by atoms with Crippen molar-refractivity contribution in [3.8, 4) is 5.75 Å². The molecule has 0 saturated carbocycles. The van der Waals surface area contributed by atoms with Crippen LogP contribution in [0.25, 0.3) is 0 Å². The van der Waals surface area contributed by atoms with Crippen molar-refractivity contribution in [2.45, 2.75) is 72.1 Å². The molecule has 1 aliphatic rings. The minimum Gasteiger partial charge on any atom is -0.507 e. The van der Waals surface area contributed by atoms with Crippen LogP contribution < -0.4 is 0 Å². The lowest BCUT2D eigenvalue weighted by Crippen LogP contribution is -2.36. The molecule has 0 amide bonds. The van der Waals surface area contributed by atoms with Crippen LogP contribution in [-0.4, -0.2) is 22.5 Å². The highest BCUT2D eigenvalue weighted by Crippen LogP contribution is 2.43. The van der Waals surface area contributed by atoms with Crippen molar-refractivity contribution >= 4 is 17.3 Å². The summed E-state index contributed by atoms with van der Waals surface area (Å²) < 4.78 is 0. The smallest absolute Gasteiger partial charge is 0.230 e. The van der Waals surface area contributed by atoms with E-state index in [1.807, 2.05) is 54.5 Å². The van der Waals surface area contributed by atoms with E-state index in [4.69, 9.17) is 0 Å². The Morgan fingerprint density at radius 1 is 0.800 bits per heavy atom. The summed E-state index contributed by atoms with van der Waals surface area (Å²) in [4.78, 5) is 39.5. The van der Waals surface area contributed by atoms with E-state index in [9.17, 15) is 19.5 Å². The molecule has 3 rings (SSSR count). The van der Waals surface area contributed by atoms with Gasteiger partial charge >= 0.3 is 0 Å². The molecule has 1 N–H and O–H groups in total. The molecule has 0 heterocycles. The molecule has 4 nitrogen and oxygen atoms in total. The van der Waals surface area contributed by atoms with Gasteiger partial charge in [-0.25, -0.2) is 0 Å². The first-order chi connectivity index (χ1) is 13.7. The Bertz CT molecular complexity index is 1060. The zero-order valence-electron chi connectivity index (χ0n) is 19.1. The first-order valence-electron chi connectivity index (χ1n) is 10.3. The average Bonchev–Trinajstić information content (AvgIpc) is 2.61. The van der Waals surface area contributed by atoms with Gasteiger partial charge in [-0.05, 0) is 52.5 Å². The predicted octanol–water partition coefficient (Wildman–Crippen LogP) is 5.34. The number of phenolic OH excluding ortho intramolecular Hbond substituents is 1. The van der Waals surface area contributed by atoms with Crippen LogP contribution in [-0.2, 0) is 15.6 Å². The number of hydrogen-bond acceptors (Lipinski definition) is 4. The molecule has 30 heavy (non-hydrogen) atoms. The minimum atomic E-state index is -1.19. The molecule has 0 bridgehead atoms.